The van der Waals surface area contributed by atoms with Gasteiger partial charge in [-0.2, -0.15) is 0 Å². The second-order valence-electron chi connectivity index (χ2n) is 5.68. The van der Waals surface area contributed by atoms with Crippen molar-refractivity contribution in [3.63, 3.8) is 0 Å². The van der Waals surface area contributed by atoms with Crippen LogP contribution in [0.1, 0.15) is 45.2 Å². The van der Waals surface area contributed by atoms with Crippen molar-refractivity contribution in [2.45, 2.75) is 45.7 Å². The molecule has 2 amide bonds. The molecule has 0 radical (unpaired) electrons. The third-order valence-corrected chi connectivity index (χ3v) is 4.31. The number of hydrogen-bond acceptors (Lipinski definition) is 3. The lowest BCUT2D eigenvalue weighted by molar-refractivity contribution is -0.146. The number of aliphatic carboxylic acids is 1. The van der Waals surface area contributed by atoms with E-state index in [0.717, 1.165) is 10.0 Å². The average Bonchev–Trinajstić information content (AvgIpc) is 2.51. The first-order chi connectivity index (χ1) is 11.2. The van der Waals surface area contributed by atoms with Crippen LogP contribution in [0.3, 0.4) is 0 Å². The van der Waals surface area contributed by atoms with Crippen molar-refractivity contribution in [1.82, 2.24) is 10.2 Å². The van der Waals surface area contributed by atoms with Crippen molar-refractivity contribution >= 4 is 33.7 Å². The summed E-state index contributed by atoms with van der Waals surface area (Å²) in [6.07, 6.45) is 0.668. The maximum absolute atomic E-state index is 12.6. The number of carboxylic acids is 1. The number of rotatable bonds is 8. The monoisotopic (exact) mass is 398 g/mol. The molecule has 7 heteroatoms. The number of carboxylic acid groups (broad SMARTS) is 1. The lowest BCUT2D eigenvalue weighted by Crippen LogP contribution is -2.43. The summed E-state index contributed by atoms with van der Waals surface area (Å²) in [5.41, 5.74) is 0.793. The van der Waals surface area contributed by atoms with Gasteiger partial charge in [0.2, 0.25) is 11.8 Å². The molecule has 2 unspecified atom stereocenters. The molecule has 0 aliphatic heterocycles. The van der Waals surface area contributed by atoms with Gasteiger partial charge in [-0.3, -0.25) is 14.4 Å². The summed E-state index contributed by atoms with van der Waals surface area (Å²) in [4.78, 5) is 36.5. The Balaban J connectivity index is 2.98. The van der Waals surface area contributed by atoms with E-state index in [4.69, 9.17) is 5.11 Å². The van der Waals surface area contributed by atoms with Crippen molar-refractivity contribution in [2.24, 2.45) is 0 Å². The Morgan fingerprint density at radius 3 is 2.29 bits per heavy atom. The number of nitrogens with one attached hydrogen (secondary N) is 1. The molecule has 2 atom stereocenters. The highest BCUT2D eigenvalue weighted by atomic mass is 79.9. The van der Waals surface area contributed by atoms with Gasteiger partial charge in [-0.1, -0.05) is 35.0 Å². The number of carbonyl (C=O) groups is 3. The van der Waals surface area contributed by atoms with E-state index in [9.17, 15) is 14.4 Å². The summed E-state index contributed by atoms with van der Waals surface area (Å²) in [6, 6.07) is 6.63. The Labute approximate surface area is 150 Å². The van der Waals surface area contributed by atoms with E-state index in [0.29, 0.717) is 6.42 Å². The van der Waals surface area contributed by atoms with E-state index < -0.39 is 12.0 Å². The SMILES string of the molecule is CCC(C)N(CC(=O)O)C(=O)CC(NC(C)=O)c1ccc(Br)cc1. The van der Waals surface area contributed by atoms with Crippen LogP contribution >= 0.6 is 15.9 Å². The molecule has 2 N–H and O–H groups in total. The molecule has 0 heterocycles. The van der Waals surface area contributed by atoms with Crippen LogP contribution in [0.2, 0.25) is 0 Å². The van der Waals surface area contributed by atoms with Gasteiger partial charge in [-0.15, -0.1) is 0 Å². The van der Waals surface area contributed by atoms with Gasteiger partial charge in [-0.05, 0) is 31.0 Å². The van der Waals surface area contributed by atoms with E-state index >= 15 is 0 Å². The number of amides is 2. The summed E-state index contributed by atoms with van der Waals surface area (Å²) in [6.45, 7) is 4.75. The molecule has 0 saturated carbocycles. The number of benzene rings is 1. The highest BCUT2D eigenvalue weighted by Gasteiger charge is 2.25. The van der Waals surface area contributed by atoms with Gasteiger partial charge in [-0.25, -0.2) is 0 Å². The minimum atomic E-state index is -1.05. The van der Waals surface area contributed by atoms with E-state index in [1.807, 2.05) is 38.1 Å². The van der Waals surface area contributed by atoms with Gasteiger partial charge in [0.25, 0.3) is 0 Å². The third-order valence-electron chi connectivity index (χ3n) is 3.78. The molecule has 0 spiro atoms. The maximum Gasteiger partial charge on any atom is 0.323 e. The Kier molecular flexibility index (Phi) is 7.91. The molecule has 24 heavy (non-hydrogen) atoms. The summed E-state index contributed by atoms with van der Waals surface area (Å²) in [5, 5.41) is 11.8. The second kappa shape index (κ2) is 9.42. The number of carbonyl (C=O) groups excluding carboxylic acids is 2. The molecule has 0 fully saturated rings. The third kappa shape index (κ3) is 6.31. The van der Waals surface area contributed by atoms with Crippen molar-refractivity contribution in [3.8, 4) is 0 Å². The van der Waals surface area contributed by atoms with Crippen molar-refractivity contribution in [3.05, 3.63) is 34.3 Å². The average molecular weight is 399 g/mol. The maximum atomic E-state index is 12.6. The Morgan fingerprint density at radius 2 is 1.83 bits per heavy atom. The second-order valence-corrected chi connectivity index (χ2v) is 6.60. The molecule has 0 aliphatic carbocycles. The highest BCUT2D eigenvalue weighted by molar-refractivity contribution is 9.10. The van der Waals surface area contributed by atoms with E-state index in [1.165, 1.54) is 11.8 Å². The quantitative estimate of drug-likeness (QED) is 0.704. The largest absolute Gasteiger partial charge is 0.480 e. The zero-order chi connectivity index (χ0) is 18.3. The number of halogens is 1. The fourth-order valence-corrected chi connectivity index (χ4v) is 2.60. The van der Waals surface area contributed by atoms with Crippen LogP contribution in [-0.2, 0) is 14.4 Å². The van der Waals surface area contributed by atoms with E-state index in [-0.39, 0.29) is 30.8 Å². The first kappa shape index (κ1) is 20.2. The molecule has 0 saturated heterocycles. The van der Waals surface area contributed by atoms with Gasteiger partial charge in [0, 0.05) is 17.4 Å². The Morgan fingerprint density at radius 1 is 1.25 bits per heavy atom. The Hall–Kier alpha value is -1.89. The van der Waals surface area contributed by atoms with Gasteiger partial charge in [0.15, 0.2) is 0 Å². The molecule has 6 nitrogen and oxygen atoms in total. The van der Waals surface area contributed by atoms with E-state index in [2.05, 4.69) is 21.2 Å². The van der Waals surface area contributed by atoms with Crippen LogP contribution in [0, 0.1) is 0 Å². The fraction of sp³-hybridized carbons (Fsp3) is 0.471. The van der Waals surface area contributed by atoms with Crippen LogP contribution in [0.25, 0.3) is 0 Å². The summed E-state index contributed by atoms with van der Waals surface area (Å²) >= 11 is 3.35. The minimum Gasteiger partial charge on any atom is -0.480 e. The molecular formula is C17H23BrN2O4. The minimum absolute atomic E-state index is 0.0127. The van der Waals surface area contributed by atoms with Gasteiger partial charge in [0.1, 0.15) is 6.54 Å². The molecule has 0 bridgehead atoms. The fourth-order valence-electron chi connectivity index (χ4n) is 2.34. The molecule has 132 valence electrons. The number of hydrogen-bond donors (Lipinski definition) is 2. The normalized spacial score (nSPS) is 13.0. The molecule has 1 aromatic rings. The molecule has 1 rings (SSSR count). The first-order valence-electron chi connectivity index (χ1n) is 7.78. The zero-order valence-corrected chi connectivity index (χ0v) is 15.7. The zero-order valence-electron chi connectivity index (χ0n) is 14.1. The van der Waals surface area contributed by atoms with Gasteiger partial charge in [0.05, 0.1) is 12.5 Å². The summed E-state index contributed by atoms with van der Waals surface area (Å²) in [5.74, 6) is -1.60. The smallest absolute Gasteiger partial charge is 0.323 e. The first-order valence-corrected chi connectivity index (χ1v) is 8.57. The number of nitrogens with zero attached hydrogens (tertiary/aromatic N) is 1. The molecule has 1 aromatic carbocycles. The topological polar surface area (TPSA) is 86.7 Å². The van der Waals surface area contributed by atoms with Crippen LogP contribution in [0.15, 0.2) is 28.7 Å². The Bertz CT molecular complexity index is 589. The lowest BCUT2D eigenvalue weighted by atomic mass is 10.0. The van der Waals surface area contributed by atoms with Gasteiger partial charge >= 0.3 is 5.97 Å². The van der Waals surface area contributed by atoms with Gasteiger partial charge < -0.3 is 15.3 Å². The van der Waals surface area contributed by atoms with Crippen LogP contribution in [0.5, 0.6) is 0 Å². The predicted molar refractivity (Wildman–Crippen MR) is 94.4 cm³/mol. The van der Waals surface area contributed by atoms with Crippen molar-refractivity contribution in [1.29, 1.82) is 0 Å². The van der Waals surface area contributed by atoms with Crippen LogP contribution < -0.4 is 5.32 Å². The molecular weight excluding hydrogens is 376 g/mol. The predicted octanol–water partition coefficient (Wildman–Crippen LogP) is 2.73. The molecule has 0 aliphatic rings. The summed E-state index contributed by atoms with van der Waals surface area (Å²) in [7, 11) is 0. The van der Waals surface area contributed by atoms with Crippen LogP contribution in [0.4, 0.5) is 0 Å². The standard InChI is InChI=1S/C17H23BrN2O4/c1-4-11(2)20(10-17(23)24)16(22)9-15(19-12(3)21)13-5-7-14(18)8-6-13/h5-8,11,15H,4,9-10H2,1-3H3,(H,19,21)(H,23,24). The van der Waals surface area contributed by atoms with Crippen LogP contribution in [-0.4, -0.2) is 40.4 Å². The van der Waals surface area contributed by atoms with Crippen molar-refractivity contribution in [2.75, 3.05) is 6.54 Å². The lowest BCUT2D eigenvalue weighted by Gasteiger charge is -2.29. The molecule has 0 aromatic heterocycles. The highest BCUT2D eigenvalue weighted by Crippen LogP contribution is 2.21. The van der Waals surface area contributed by atoms with Crippen molar-refractivity contribution < 1.29 is 19.5 Å². The summed E-state index contributed by atoms with van der Waals surface area (Å²) < 4.78 is 0.895. The van der Waals surface area contributed by atoms with E-state index in [1.54, 1.807) is 0 Å².